The summed E-state index contributed by atoms with van der Waals surface area (Å²) < 4.78 is 13.5. The lowest BCUT2D eigenvalue weighted by Gasteiger charge is -2.10. The molecular formula is C8H10ClNO5. The quantitative estimate of drug-likeness (QED) is 0.728. The zero-order chi connectivity index (χ0) is 11.3. The van der Waals surface area contributed by atoms with Gasteiger partial charge in [0.15, 0.2) is 6.10 Å². The molecule has 0 aliphatic heterocycles. The molecule has 1 rings (SSSR count). The number of aromatic nitrogens is 1. The Morgan fingerprint density at radius 2 is 2.40 bits per heavy atom. The van der Waals surface area contributed by atoms with Gasteiger partial charge in [-0.05, 0) is 18.0 Å². The van der Waals surface area contributed by atoms with Crippen molar-refractivity contribution >= 4 is 17.0 Å². The van der Waals surface area contributed by atoms with Gasteiger partial charge in [0.1, 0.15) is 0 Å². The molecule has 84 valence electrons. The Bertz CT molecular complexity index is 371. The monoisotopic (exact) mass is 235 g/mol. The molecule has 0 radical (unpaired) electrons. The maximum Gasteiger partial charge on any atom is 0.542 e. The molecule has 15 heavy (non-hydrogen) atoms. The molecule has 0 aromatic carbocycles. The zero-order valence-corrected chi connectivity index (χ0v) is 8.82. The second-order valence-corrected chi connectivity index (χ2v) is 3.17. The van der Waals surface area contributed by atoms with E-state index in [1.165, 1.54) is 0 Å². The molecule has 6 nitrogen and oxygen atoms in total. The fourth-order valence-electron chi connectivity index (χ4n) is 1.06. The summed E-state index contributed by atoms with van der Waals surface area (Å²) in [6, 6.07) is 0. The maximum absolute atomic E-state index is 10.6. The van der Waals surface area contributed by atoms with Gasteiger partial charge >= 0.3 is 11.3 Å². The van der Waals surface area contributed by atoms with Crippen molar-refractivity contribution in [2.45, 2.75) is 32.3 Å². The number of nitrogens with zero attached hydrogens (tertiary/aromatic N) is 1. The number of rotatable bonds is 5. The fraction of sp³-hybridized carbons (Fsp3) is 0.625. The lowest BCUT2D eigenvalue weighted by atomic mass is 10.1. The molecule has 0 bridgehead atoms. The van der Waals surface area contributed by atoms with E-state index in [2.05, 4.69) is 14.1 Å². The lowest BCUT2D eigenvalue weighted by Crippen LogP contribution is -2.07. The van der Waals surface area contributed by atoms with Gasteiger partial charge in [-0.25, -0.2) is 9.59 Å². The van der Waals surface area contributed by atoms with Crippen LogP contribution < -0.4 is 5.82 Å². The minimum atomic E-state index is -0.971. The molecule has 1 aromatic rings. The maximum atomic E-state index is 10.6. The summed E-state index contributed by atoms with van der Waals surface area (Å²) in [6.07, 6.45) is 1.40. The van der Waals surface area contributed by atoms with Gasteiger partial charge in [0.05, 0.1) is 0 Å². The summed E-state index contributed by atoms with van der Waals surface area (Å²) in [5, 5.41) is 3.33. The van der Waals surface area contributed by atoms with Crippen LogP contribution in [-0.2, 0) is 4.74 Å². The van der Waals surface area contributed by atoms with E-state index in [9.17, 15) is 9.59 Å². The SMILES string of the molecule is CCCCC(OC(=O)Cl)c1noc(=O)o1. The Kier molecular flexibility index (Phi) is 4.36. The first kappa shape index (κ1) is 11.8. The Labute approximate surface area is 90.1 Å². The van der Waals surface area contributed by atoms with E-state index >= 15 is 0 Å². The summed E-state index contributed by atoms with van der Waals surface area (Å²) in [6.45, 7) is 1.97. The average Bonchev–Trinajstić information content (AvgIpc) is 2.58. The van der Waals surface area contributed by atoms with Crippen LogP contribution in [0.5, 0.6) is 0 Å². The van der Waals surface area contributed by atoms with Crippen LogP contribution in [0.2, 0.25) is 0 Å². The molecular weight excluding hydrogens is 226 g/mol. The van der Waals surface area contributed by atoms with Crippen molar-refractivity contribution in [2.75, 3.05) is 0 Å². The number of hydrogen-bond acceptors (Lipinski definition) is 6. The molecule has 1 heterocycles. The minimum absolute atomic E-state index is 0.0672. The van der Waals surface area contributed by atoms with Crippen LogP contribution in [0.1, 0.15) is 38.2 Å². The zero-order valence-electron chi connectivity index (χ0n) is 8.07. The third-order valence-electron chi connectivity index (χ3n) is 1.73. The second-order valence-electron chi connectivity index (χ2n) is 2.86. The van der Waals surface area contributed by atoms with E-state index in [0.717, 1.165) is 12.8 Å². The van der Waals surface area contributed by atoms with Crippen molar-refractivity contribution in [3.63, 3.8) is 0 Å². The van der Waals surface area contributed by atoms with Crippen LogP contribution in [-0.4, -0.2) is 10.6 Å². The third kappa shape index (κ3) is 3.75. The van der Waals surface area contributed by atoms with E-state index in [1.54, 1.807) is 0 Å². The van der Waals surface area contributed by atoms with Gasteiger partial charge in [-0.2, -0.15) is 0 Å². The predicted molar refractivity (Wildman–Crippen MR) is 49.6 cm³/mol. The highest BCUT2D eigenvalue weighted by Crippen LogP contribution is 2.22. The second kappa shape index (κ2) is 5.55. The smallest absolute Gasteiger partial charge is 0.440 e. The normalized spacial score (nSPS) is 12.4. The highest BCUT2D eigenvalue weighted by atomic mass is 35.5. The summed E-state index contributed by atoms with van der Waals surface area (Å²) in [7, 11) is 0. The van der Waals surface area contributed by atoms with Crippen LogP contribution in [0.3, 0.4) is 0 Å². The van der Waals surface area contributed by atoms with Gasteiger partial charge in [0, 0.05) is 11.6 Å². The fourth-order valence-corrected chi connectivity index (χ4v) is 1.17. The number of carbonyl (C=O) groups is 1. The first-order valence-corrected chi connectivity index (χ1v) is 4.84. The predicted octanol–water partition coefficient (Wildman–Crippen LogP) is 2.23. The topological polar surface area (TPSA) is 82.5 Å². The molecule has 0 fully saturated rings. The van der Waals surface area contributed by atoms with Crippen LogP contribution in [0.4, 0.5) is 4.79 Å². The molecule has 0 spiro atoms. The third-order valence-corrected chi connectivity index (χ3v) is 1.82. The Morgan fingerprint density at radius 3 is 2.87 bits per heavy atom. The Balaban J connectivity index is 2.71. The van der Waals surface area contributed by atoms with E-state index in [0.29, 0.717) is 6.42 Å². The van der Waals surface area contributed by atoms with Gasteiger partial charge < -0.3 is 9.15 Å². The van der Waals surface area contributed by atoms with Crippen molar-refractivity contribution in [1.82, 2.24) is 5.16 Å². The highest BCUT2D eigenvalue weighted by molar-refractivity contribution is 6.61. The summed E-state index contributed by atoms with van der Waals surface area (Å²) in [5.74, 6) is -1.00. The van der Waals surface area contributed by atoms with Gasteiger partial charge in [0.25, 0.3) is 5.89 Å². The lowest BCUT2D eigenvalue weighted by molar-refractivity contribution is 0.0939. The van der Waals surface area contributed by atoms with Crippen molar-refractivity contribution in [3.8, 4) is 0 Å². The van der Waals surface area contributed by atoms with E-state index in [4.69, 9.17) is 16.3 Å². The molecule has 1 unspecified atom stereocenters. The first-order valence-electron chi connectivity index (χ1n) is 4.46. The molecule has 0 aliphatic rings. The first-order chi connectivity index (χ1) is 7.13. The van der Waals surface area contributed by atoms with Gasteiger partial charge in [0.2, 0.25) is 0 Å². The molecule has 0 N–H and O–H groups in total. The standard InChI is InChI=1S/C8H10ClNO5/c1-2-3-4-5(13-7(9)11)6-10-15-8(12)14-6/h5H,2-4H2,1H3. The van der Waals surface area contributed by atoms with Gasteiger partial charge in [-0.15, -0.1) is 0 Å². The molecule has 0 saturated carbocycles. The Morgan fingerprint density at radius 1 is 1.67 bits per heavy atom. The molecule has 1 aromatic heterocycles. The van der Waals surface area contributed by atoms with Crippen LogP contribution in [0.15, 0.2) is 13.7 Å². The van der Waals surface area contributed by atoms with E-state index in [-0.39, 0.29) is 5.89 Å². The van der Waals surface area contributed by atoms with Crippen molar-refractivity contribution in [3.05, 3.63) is 16.5 Å². The van der Waals surface area contributed by atoms with E-state index < -0.39 is 17.4 Å². The van der Waals surface area contributed by atoms with Crippen LogP contribution >= 0.6 is 11.6 Å². The highest BCUT2D eigenvalue weighted by Gasteiger charge is 2.22. The number of unbranched alkanes of at least 4 members (excludes halogenated alkanes) is 1. The largest absolute Gasteiger partial charge is 0.542 e. The molecule has 0 aliphatic carbocycles. The Hall–Kier alpha value is -1.30. The van der Waals surface area contributed by atoms with E-state index in [1.807, 2.05) is 6.92 Å². The molecule has 1 atom stereocenters. The van der Waals surface area contributed by atoms with Gasteiger partial charge in [-0.1, -0.05) is 13.3 Å². The number of halogens is 1. The average molecular weight is 236 g/mol. The molecule has 0 saturated heterocycles. The van der Waals surface area contributed by atoms with Crippen molar-refractivity contribution in [2.24, 2.45) is 0 Å². The van der Waals surface area contributed by atoms with Crippen molar-refractivity contribution in [1.29, 1.82) is 0 Å². The summed E-state index contributed by atoms with van der Waals surface area (Å²) >= 11 is 5.07. The summed E-state index contributed by atoms with van der Waals surface area (Å²) in [4.78, 5) is 21.1. The minimum Gasteiger partial charge on any atom is -0.440 e. The molecule has 0 amide bonds. The number of hydrogen-bond donors (Lipinski definition) is 0. The molecule has 7 heteroatoms. The van der Waals surface area contributed by atoms with Crippen molar-refractivity contribution < 1.29 is 18.5 Å². The van der Waals surface area contributed by atoms with Crippen LogP contribution in [0, 0.1) is 0 Å². The van der Waals surface area contributed by atoms with Gasteiger partial charge in [-0.3, -0.25) is 4.52 Å². The summed E-state index contributed by atoms with van der Waals surface area (Å²) in [5.41, 5.74) is -0.971. The van der Waals surface area contributed by atoms with Crippen LogP contribution in [0.25, 0.3) is 0 Å². The number of carbonyl (C=O) groups excluding carboxylic acids is 1. The number of ether oxygens (including phenoxy) is 1.